The topological polar surface area (TPSA) is 0 Å². The molecule has 0 aromatic rings. The molecule has 8 heavy (non-hydrogen) atoms. The van der Waals surface area contributed by atoms with Crippen LogP contribution in [-0.2, 0) is 0 Å². The van der Waals surface area contributed by atoms with Crippen LogP contribution in [0.3, 0.4) is 0 Å². The summed E-state index contributed by atoms with van der Waals surface area (Å²) in [5.74, 6) is 0. The lowest BCUT2D eigenvalue weighted by atomic mass is 10.4. The van der Waals surface area contributed by atoms with Gasteiger partial charge in [-0.2, -0.15) is 0 Å². The van der Waals surface area contributed by atoms with Crippen LogP contribution in [0.4, 0.5) is 0 Å². The van der Waals surface area contributed by atoms with E-state index in [0.29, 0.717) is 0 Å². The summed E-state index contributed by atoms with van der Waals surface area (Å²) < 4.78 is -1.58. The van der Waals surface area contributed by atoms with Crippen LogP contribution in [0.5, 0.6) is 0 Å². The molecule has 0 N–H and O–H groups in total. The molecule has 0 aromatic carbocycles. The highest BCUT2D eigenvalue weighted by atomic mass is 79.9. The maximum absolute atomic E-state index is 5.88. The van der Waals surface area contributed by atoms with Crippen molar-refractivity contribution in [2.24, 2.45) is 0 Å². The van der Waals surface area contributed by atoms with Crippen LogP contribution < -0.4 is 0 Å². The second-order valence-electron chi connectivity index (χ2n) is 1.72. The van der Waals surface area contributed by atoms with Crippen LogP contribution in [0.25, 0.3) is 0 Å². The van der Waals surface area contributed by atoms with Gasteiger partial charge in [-0.05, 0) is 6.04 Å². The summed E-state index contributed by atoms with van der Waals surface area (Å²) in [6.45, 7) is 2.16. The lowest BCUT2D eigenvalue weighted by molar-refractivity contribution is 0.881. The largest absolute Gasteiger partial charge is 0.292 e. The molecule has 0 saturated carbocycles. The average molecular weight is 280 g/mol. The zero-order chi connectivity index (χ0) is 6.62. The molecule has 0 unspecified atom stereocenters. The predicted molar refractivity (Wildman–Crippen MR) is 49.2 cm³/mol. The smallest absolute Gasteiger partial charge is 0.137 e. The van der Waals surface area contributed by atoms with Crippen LogP contribution in [0.1, 0.15) is 19.8 Å². The molecule has 0 heterocycles. The zero-order valence-corrected chi connectivity index (χ0v) is 9.68. The molecule has 0 aliphatic carbocycles. The van der Waals surface area contributed by atoms with Crippen molar-refractivity contribution in [3.05, 3.63) is 0 Å². The molecule has 0 fully saturated rings. The monoisotopic (exact) mass is 278 g/mol. The minimum atomic E-state index is -1.58. The highest BCUT2D eigenvalue weighted by molar-refractivity contribution is 9.53. The fraction of sp³-hybridized carbons (Fsp3) is 1.00. The van der Waals surface area contributed by atoms with E-state index in [1.165, 1.54) is 12.8 Å². The van der Waals surface area contributed by atoms with E-state index in [2.05, 4.69) is 37.5 Å². The van der Waals surface area contributed by atoms with Gasteiger partial charge in [-0.15, -0.1) is 11.1 Å². The third-order valence-electron chi connectivity index (χ3n) is 0.814. The number of hydrogen-bond acceptors (Lipinski definition) is 0. The third-order valence-corrected chi connectivity index (χ3v) is 4.68. The quantitative estimate of drug-likeness (QED) is 0.545. The Balaban J connectivity index is 3.11. The van der Waals surface area contributed by atoms with Crippen LogP contribution in [0, 0.1) is 0 Å². The Morgan fingerprint density at radius 2 is 2.00 bits per heavy atom. The van der Waals surface area contributed by atoms with Gasteiger partial charge in [0.05, 0.1) is 0 Å². The number of rotatable bonds is 3. The summed E-state index contributed by atoms with van der Waals surface area (Å²) >= 11 is 12.7. The highest BCUT2D eigenvalue weighted by Gasteiger charge is 2.20. The van der Waals surface area contributed by atoms with Crippen molar-refractivity contribution in [2.75, 3.05) is 0 Å². The molecule has 0 saturated heterocycles. The number of hydrogen-bond donors (Lipinski definition) is 0. The third kappa shape index (κ3) is 7.47. The molecule has 50 valence electrons. The van der Waals surface area contributed by atoms with Crippen molar-refractivity contribution in [2.45, 2.75) is 25.8 Å². The average Bonchev–Trinajstić information content (AvgIpc) is 1.59. The van der Waals surface area contributed by atoms with Gasteiger partial charge < -0.3 is 0 Å². The Morgan fingerprint density at radius 1 is 1.50 bits per heavy atom. The number of unbranched alkanes of at least 4 members (excludes halogenated alkanes) is 1. The fourth-order valence-corrected chi connectivity index (χ4v) is 3.21. The van der Waals surface area contributed by atoms with Crippen molar-refractivity contribution in [3.63, 3.8) is 0 Å². The summed E-state index contributed by atoms with van der Waals surface area (Å²) in [6.07, 6.45) is 2.44. The van der Waals surface area contributed by atoms with Gasteiger partial charge >= 0.3 is 0 Å². The molecule has 0 rings (SSSR count). The van der Waals surface area contributed by atoms with Crippen LogP contribution in [-0.4, -0.2) is 4.62 Å². The van der Waals surface area contributed by atoms with Crippen LogP contribution in [0.15, 0.2) is 0 Å². The number of halogens is 3. The lowest BCUT2D eigenvalue weighted by Crippen LogP contribution is -2.05. The van der Waals surface area contributed by atoms with Gasteiger partial charge in [0.25, 0.3) is 4.62 Å². The Labute approximate surface area is 71.9 Å². The minimum absolute atomic E-state index is 1.10. The molecule has 0 nitrogen and oxygen atoms in total. The molecule has 0 aliphatic rings. The molecule has 0 aliphatic heterocycles. The molecule has 4 heteroatoms. The van der Waals surface area contributed by atoms with E-state index in [0.717, 1.165) is 6.04 Å². The highest BCUT2D eigenvalue weighted by Crippen LogP contribution is 2.31. The van der Waals surface area contributed by atoms with Crippen LogP contribution >= 0.6 is 41.7 Å². The Morgan fingerprint density at radius 3 is 2.12 bits per heavy atom. The van der Waals surface area contributed by atoms with Crippen LogP contribution in [0.2, 0.25) is 6.04 Å². The van der Waals surface area contributed by atoms with E-state index in [4.69, 9.17) is 11.1 Å². The summed E-state index contributed by atoms with van der Waals surface area (Å²) in [5, 5.41) is 0. The standard InChI is InChI=1S/C4H9Br2ClSi/c1-2-3-4-8(5,6)7/h2-4H2,1H3. The molecular weight excluding hydrogens is 271 g/mol. The summed E-state index contributed by atoms with van der Waals surface area (Å²) in [5.41, 5.74) is 0. The summed E-state index contributed by atoms with van der Waals surface area (Å²) in [6, 6.07) is 1.10. The van der Waals surface area contributed by atoms with Crippen molar-refractivity contribution in [3.8, 4) is 0 Å². The molecule has 0 aromatic heterocycles. The van der Waals surface area contributed by atoms with Gasteiger partial charge in [0.2, 0.25) is 0 Å². The Hall–Kier alpha value is 1.47. The van der Waals surface area contributed by atoms with E-state index in [9.17, 15) is 0 Å². The minimum Gasteiger partial charge on any atom is -0.137 e. The first kappa shape index (κ1) is 9.47. The summed E-state index contributed by atoms with van der Waals surface area (Å²) in [4.78, 5) is 0. The van der Waals surface area contributed by atoms with Crippen molar-refractivity contribution < 1.29 is 0 Å². The normalized spacial score (nSPS) is 12.0. The molecule has 0 radical (unpaired) electrons. The molecule has 0 atom stereocenters. The van der Waals surface area contributed by atoms with E-state index in [-0.39, 0.29) is 0 Å². The first-order valence-corrected chi connectivity index (χ1v) is 10.4. The summed E-state index contributed by atoms with van der Waals surface area (Å²) in [7, 11) is 0. The first-order chi connectivity index (χ1) is 3.56. The van der Waals surface area contributed by atoms with Crippen molar-refractivity contribution in [1.82, 2.24) is 0 Å². The van der Waals surface area contributed by atoms with Crippen molar-refractivity contribution in [1.29, 1.82) is 0 Å². The van der Waals surface area contributed by atoms with E-state index in [1.807, 2.05) is 0 Å². The lowest BCUT2D eigenvalue weighted by Gasteiger charge is -2.04. The molecule has 0 bridgehead atoms. The van der Waals surface area contributed by atoms with Gasteiger partial charge in [0.15, 0.2) is 0 Å². The zero-order valence-electron chi connectivity index (χ0n) is 4.76. The van der Waals surface area contributed by atoms with Gasteiger partial charge in [-0.3, -0.25) is 0 Å². The Bertz CT molecular complexity index is 61.5. The Kier molecular flexibility index (Phi) is 5.10. The van der Waals surface area contributed by atoms with Gasteiger partial charge in [-0.1, -0.05) is 50.4 Å². The first-order valence-electron chi connectivity index (χ1n) is 2.63. The molecular formula is C4H9Br2ClSi. The second-order valence-corrected chi connectivity index (χ2v) is 19.4. The van der Waals surface area contributed by atoms with E-state index in [1.54, 1.807) is 0 Å². The van der Waals surface area contributed by atoms with E-state index >= 15 is 0 Å². The fourth-order valence-electron chi connectivity index (χ4n) is 0.377. The van der Waals surface area contributed by atoms with Gasteiger partial charge in [0, 0.05) is 0 Å². The SMILES string of the molecule is CCCC[Si](Cl)(Br)Br. The molecule has 0 amide bonds. The second kappa shape index (κ2) is 4.31. The molecule has 0 spiro atoms. The maximum atomic E-state index is 5.88. The predicted octanol–water partition coefficient (Wildman–Crippen LogP) is 3.75. The van der Waals surface area contributed by atoms with Crippen molar-refractivity contribution >= 4 is 46.3 Å². The maximum Gasteiger partial charge on any atom is 0.292 e. The van der Waals surface area contributed by atoms with E-state index < -0.39 is 4.62 Å². The van der Waals surface area contributed by atoms with Gasteiger partial charge in [-0.25, -0.2) is 0 Å². The van der Waals surface area contributed by atoms with Gasteiger partial charge in [0.1, 0.15) is 0 Å².